The second-order valence-corrected chi connectivity index (χ2v) is 8.89. The Hall–Kier alpha value is -3.90. The van der Waals surface area contributed by atoms with Crippen LogP contribution < -0.4 is 16.9 Å². The van der Waals surface area contributed by atoms with Crippen molar-refractivity contribution in [1.29, 1.82) is 0 Å². The number of nitrogens with two attached hydrogens (primary N) is 1. The number of primary amides is 1. The zero-order valence-corrected chi connectivity index (χ0v) is 18.9. The van der Waals surface area contributed by atoms with E-state index < -0.39 is 11.5 Å². The summed E-state index contributed by atoms with van der Waals surface area (Å²) in [6.07, 6.45) is 1.70. The Balaban J connectivity index is 1.27. The third-order valence-corrected chi connectivity index (χ3v) is 6.61. The van der Waals surface area contributed by atoms with Gasteiger partial charge < -0.3 is 10.6 Å². The molecule has 2 amide bonds. The molecule has 0 spiro atoms. The van der Waals surface area contributed by atoms with Crippen LogP contribution in [0.2, 0.25) is 0 Å². The maximum atomic E-state index is 12.9. The molecular weight excluding hydrogens is 458 g/mol. The van der Waals surface area contributed by atoms with Gasteiger partial charge in [0.05, 0.1) is 11.1 Å². The van der Waals surface area contributed by atoms with Crippen LogP contribution in [-0.4, -0.2) is 67.0 Å². The van der Waals surface area contributed by atoms with Crippen LogP contribution in [0.3, 0.4) is 0 Å². The normalized spacial score (nSPS) is 14.6. The van der Waals surface area contributed by atoms with E-state index in [1.807, 2.05) is 5.38 Å². The van der Waals surface area contributed by atoms with Gasteiger partial charge in [-0.25, -0.2) is 9.67 Å². The topological polar surface area (TPSA) is 136 Å². The van der Waals surface area contributed by atoms with E-state index in [1.165, 1.54) is 21.8 Å². The summed E-state index contributed by atoms with van der Waals surface area (Å²) in [5.41, 5.74) is 5.53. The number of rotatable bonds is 5. The Morgan fingerprint density at radius 3 is 2.53 bits per heavy atom. The molecule has 1 fully saturated rings. The molecule has 2 N–H and O–H groups in total. The van der Waals surface area contributed by atoms with Crippen molar-refractivity contribution in [3.63, 3.8) is 0 Å². The van der Waals surface area contributed by atoms with Gasteiger partial charge in [0.2, 0.25) is 5.91 Å². The first-order valence-corrected chi connectivity index (χ1v) is 11.5. The summed E-state index contributed by atoms with van der Waals surface area (Å²) in [7, 11) is 0. The van der Waals surface area contributed by atoms with Crippen LogP contribution in [0.25, 0.3) is 15.7 Å². The molecule has 5 rings (SSSR count). The molecule has 11 nitrogen and oxygen atoms in total. The highest BCUT2D eigenvalue weighted by Gasteiger charge is 2.23. The molecule has 4 aromatic rings. The fraction of sp³-hybridized carbons (Fsp3) is 0.273. The zero-order valence-electron chi connectivity index (χ0n) is 18.1. The van der Waals surface area contributed by atoms with Gasteiger partial charge in [-0.1, -0.05) is 18.2 Å². The lowest BCUT2D eigenvalue weighted by Crippen LogP contribution is -2.50. The number of nitrogens with zero attached hydrogens (tertiary/aromatic N) is 6. The summed E-state index contributed by atoms with van der Waals surface area (Å²) in [6.45, 7) is 2.36. The van der Waals surface area contributed by atoms with Crippen LogP contribution >= 0.6 is 11.3 Å². The van der Waals surface area contributed by atoms with Crippen molar-refractivity contribution in [2.24, 2.45) is 5.73 Å². The van der Waals surface area contributed by atoms with Crippen LogP contribution in [0.4, 0.5) is 0 Å². The zero-order chi connectivity index (χ0) is 23.8. The van der Waals surface area contributed by atoms with E-state index in [9.17, 15) is 19.2 Å². The van der Waals surface area contributed by atoms with Crippen molar-refractivity contribution in [3.05, 3.63) is 74.0 Å². The Morgan fingerprint density at radius 2 is 1.79 bits per heavy atom. The number of carbonyl (C=O) groups excluding carboxylic acids is 2. The number of hydrogen-bond acceptors (Lipinski definition) is 8. The number of piperazine rings is 1. The summed E-state index contributed by atoms with van der Waals surface area (Å²) < 4.78 is 2.52. The molecule has 34 heavy (non-hydrogen) atoms. The van der Waals surface area contributed by atoms with Gasteiger partial charge in [-0.2, -0.15) is 5.10 Å². The Kier molecular flexibility index (Phi) is 5.67. The first kappa shape index (κ1) is 21.9. The van der Waals surface area contributed by atoms with Crippen LogP contribution in [0.5, 0.6) is 0 Å². The van der Waals surface area contributed by atoms with Crippen LogP contribution in [-0.2, 0) is 17.9 Å². The Bertz CT molecular complexity index is 1530. The first-order chi connectivity index (χ1) is 16.4. The van der Waals surface area contributed by atoms with Crippen molar-refractivity contribution in [2.75, 3.05) is 26.2 Å². The average molecular weight is 480 g/mol. The SMILES string of the molecule is NC(=O)c1nn(CC(=O)N2CCN(Cc3cc(=O)n4ccsc4n3)CC2)c(=O)c2ccccc12. The highest BCUT2D eigenvalue weighted by Crippen LogP contribution is 2.13. The monoisotopic (exact) mass is 479 g/mol. The molecule has 0 radical (unpaired) electrons. The first-order valence-electron chi connectivity index (χ1n) is 10.7. The van der Waals surface area contributed by atoms with Gasteiger partial charge in [-0.3, -0.25) is 28.5 Å². The minimum Gasteiger partial charge on any atom is -0.364 e. The third kappa shape index (κ3) is 4.08. The summed E-state index contributed by atoms with van der Waals surface area (Å²) in [6, 6.07) is 8.09. The van der Waals surface area contributed by atoms with E-state index in [4.69, 9.17) is 5.73 Å². The quantitative estimate of drug-likeness (QED) is 0.422. The second kappa shape index (κ2) is 8.80. The van der Waals surface area contributed by atoms with Crippen molar-refractivity contribution < 1.29 is 9.59 Å². The predicted molar refractivity (Wildman–Crippen MR) is 126 cm³/mol. The molecule has 1 aliphatic heterocycles. The van der Waals surface area contributed by atoms with E-state index in [0.29, 0.717) is 48.8 Å². The lowest BCUT2D eigenvalue weighted by Gasteiger charge is -2.34. The number of thiazole rings is 1. The fourth-order valence-corrected chi connectivity index (χ4v) is 4.84. The molecule has 12 heteroatoms. The van der Waals surface area contributed by atoms with E-state index in [-0.39, 0.29) is 29.1 Å². The summed E-state index contributed by atoms with van der Waals surface area (Å²) in [5.74, 6) is -1.03. The van der Waals surface area contributed by atoms with E-state index in [0.717, 1.165) is 4.68 Å². The van der Waals surface area contributed by atoms with E-state index in [1.54, 1.807) is 35.4 Å². The number of fused-ring (bicyclic) bond motifs is 2. The van der Waals surface area contributed by atoms with Crippen LogP contribution in [0.15, 0.2) is 51.5 Å². The van der Waals surface area contributed by atoms with Gasteiger partial charge in [-0.05, 0) is 6.07 Å². The minimum absolute atomic E-state index is 0.0427. The van der Waals surface area contributed by atoms with Gasteiger partial charge in [-0.15, -0.1) is 11.3 Å². The van der Waals surface area contributed by atoms with Gasteiger partial charge in [0.1, 0.15) is 6.54 Å². The standard InChI is InChI=1S/C22H21N7O4S/c23-20(32)19-15-3-1-2-4-16(15)21(33)29(25-19)13-18(31)27-7-5-26(6-8-27)12-14-11-17(30)28-9-10-34-22(28)24-14/h1-4,9-11H,5-8,12-13H2,(H2,23,32). The van der Waals surface area contributed by atoms with E-state index in [2.05, 4.69) is 15.0 Å². The van der Waals surface area contributed by atoms with Crippen molar-refractivity contribution in [2.45, 2.75) is 13.1 Å². The molecule has 0 bridgehead atoms. The van der Waals surface area contributed by atoms with Crippen molar-refractivity contribution >= 4 is 38.9 Å². The van der Waals surface area contributed by atoms with Gasteiger partial charge >= 0.3 is 0 Å². The fourth-order valence-electron chi connectivity index (χ4n) is 4.11. The molecule has 0 saturated carbocycles. The average Bonchev–Trinajstić information content (AvgIpc) is 3.30. The molecular formula is C22H21N7O4S. The maximum Gasteiger partial charge on any atom is 0.275 e. The molecule has 1 aromatic carbocycles. The molecule has 3 aromatic heterocycles. The van der Waals surface area contributed by atoms with Crippen molar-refractivity contribution in [1.82, 2.24) is 29.0 Å². The minimum atomic E-state index is -0.764. The highest BCUT2D eigenvalue weighted by molar-refractivity contribution is 7.15. The number of amides is 2. The smallest absolute Gasteiger partial charge is 0.275 e. The lowest BCUT2D eigenvalue weighted by molar-refractivity contribution is -0.133. The van der Waals surface area contributed by atoms with Gasteiger partial charge in [0, 0.05) is 55.8 Å². The van der Waals surface area contributed by atoms with Gasteiger partial charge in [0.15, 0.2) is 10.7 Å². The number of carbonyl (C=O) groups is 2. The highest BCUT2D eigenvalue weighted by atomic mass is 32.1. The largest absolute Gasteiger partial charge is 0.364 e. The molecule has 1 saturated heterocycles. The van der Waals surface area contributed by atoms with Gasteiger partial charge in [0.25, 0.3) is 17.0 Å². The summed E-state index contributed by atoms with van der Waals surface area (Å²) in [4.78, 5) is 58.7. The Labute approximate surface area is 196 Å². The Morgan fingerprint density at radius 1 is 1.06 bits per heavy atom. The van der Waals surface area contributed by atoms with Crippen LogP contribution in [0, 0.1) is 0 Å². The summed E-state index contributed by atoms with van der Waals surface area (Å²) >= 11 is 1.41. The maximum absolute atomic E-state index is 12.9. The number of hydrogen-bond donors (Lipinski definition) is 1. The van der Waals surface area contributed by atoms with Crippen molar-refractivity contribution in [3.8, 4) is 0 Å². The molecule has 0 aliphatic carbocycles. The molecule has 1 aliphatic rings. The third-order valence-electron chi connectivity index (χ3n) is 5.85. The molecule has 0 unspecified atom stereocenters. The predicted octanol–water partition coefficient (Wildman–Crippen LogP) is -0.0908. The van der Waals surface area contributed by atoms with Crippen LogP contribution in [0.1, 0.15) is 16.2 Å². The molecule has 0 atom stereocenters. The molecule has 174 valence electrons. The second-order valence-electron chi connectivity index (χ2n) is 8.02. The summed E-state index contributed by atoms with van der Waals surface area (Å²) in [5, 5.41) is 6.54. The number of benzene rings is 1. The number of aromatic nitrogens is 4. The lowest BCUT2D eigenvalue weighted by atomic mass is 10.1. The van der Waals surface area contributed by atoms with E-state index >= 15 is 0 Å². The molecule has 4 heterocycles.